The fourth-order valence-electron chi connectivity index (χ4n) is 3.19. The van der Waals surface area contributed by atoms with Gasteiger partial charge in [-0.05, 0) is 18.6 Å². The summed E-state index contributed by atoms with van der Waals surface area (Å²) in [7, 11) is 3.18. The zero-order valence-corrected chi connectivity index (χ0v) is 18.0. The molecule has 0 unspecified atom stereocenters. The lowest BCUT2D eigenvalue weighted by Gasteiger charge is -2.09. The van der Waals surface area contributed by atoms with Crippen LogP contribution in [0, 0.1) is 0 Å². The summed E-state index contributed by atoms with van der Waals surface area (Å²) >= 11 is 0. The summed E-state index contributed by atoms with van der Waals surface area (Å²) in [5.41, 5.74) is 3.35. The first-order chi connectivity index (χ1) is 13.7. The van der Waals surface area contributed by atoms with Crippen LogP contribution in [0.5, 0.6) is 11.5 Å². The number of amides is 1. The molecule has 5 nitrogen and oxygen atoms in total. The van der Waals surface area contributed by atoms with Crippen LogP contribution in [0.2, 0.25) is 0 Å². The molecule has 0 radical (unpaired) electrons. The van der Waals surface area contributed by atoms with Crippen LogP contribution in [0.4, 0.5) is 0 Å². The third-order valence-corrected chi connectivity index (χ3v) is 4.83. The molecule has 0 heterocycles. The minimum atomic E-state index is -0.0472. The molecule has 158 valence electrons. The summed E-state index contributed by atoms with van der Waals surface area (Å²) in [6.45, 7) is 2.25. The van der Waals surface area contributed by atoms with Crippen LogP contribution in [0.3, 0.4) is 0 Å². The van der Waals surface area contributed by atoms with Gasteiger partial charge in [0, 0.05) is 12.0 Å². The Balaban J connectivity index is 2.11. The number of benzene rings is 1. The van der Waals surface area contributed by atoms with Crippen molar-refractivity contribution in [2.45, 2.75) is 84.0 Å². The monoisotopic (exact) mass is 390 g/mol. The van der Waals surface area contributed by atoms with Crippen LogP contribution in [0.25, 0.3) is 0 Å². The molecule has 0 fully saturated rings. The SMILES string of the molecule is CCCCCCCCCCCCCC(=O)N/N=C/c1cccc(OC)c1OC. The van der Waals surface area contributed by atoms with E-state index in [4.69, 9.17) is 9.47 Å². The molecule has 0 aliphatic heterocycles. The average Bonchev–Trinajstić information content (AvgIpc) is 2.71. The first-order valence-electron chi connectivity index (χ1n) is 10.8. The average molecular weight is 391 g/mol. The zero-order valence-electron chi connectivity index (χ0n) is 18.0. The highest BCUT2D eigenvalue weighted by molar-refractivity contribution is 5.86. The highest BCUT2D eigenvalue weighted by atomic mass is 16.5. The number of ether oxygens (including phenoxy) is 2. The van der Waals surface area contributed by atoms with E-state index in [1.165, 1.54) is 57.8 Å². The second kappa shape index (κ2) is 16.0. The molecule has 0 aromatic heterocycles. The van der Waals surface area contributed by atoms with Gasteiger partial charge in [0.25, 0.3) is 0 Å². The second-order valence-electron chi connectivity index (χ2n) is 7.16. The fraction of sp³-hybridized carbons (Fsp3) is 0.652. The van der Waals surface area contributed by atoms with Crippen molar-refractivity contribution >= 4 is 12.1 Å². The van der Waals surface area contributed by atoms with Gasteiger partial charge in [0.05, 0.1) is 20.4 Å². The summed E-state index contributed by atoms with van der Waals surface area (Å²) < 4.78 is 10.6. The molecular weight excluding hydrogens is 352 g/mol. The van der Waals surface area contributed by atoms with E-state index in [1.807, 2.05) is 18.2 Å². The quantitative estimate of drug-likeness (QED) is 0.219. The van der Waals surface area contributed by atoms with Gasteiger partial charge in [0.1, 0.15) is 0 Å². The third-order valence-electron chi connectivity index (χ3n) is 4.83. The number of methoxy groups -OCH3 is 2. The Morgan fingerprint density at radius 3 is 2.11 bits per heavy atom. The summed E-state index contributed by atoms with van der Waals surface area (Å²) in [5.74, 6) is 1.20. The number of hydrazone groups is 1. The van der Waals surface area contributed by atoms with Crippen molar-refractivity contribution in [2.24, 2.45) is 5.10 Å². The predicted molar refractivity (Wildman–Crippen MR) is 116 cm³/mol. The normalized spacial score (nSPS) is 11.0. The maximum atomic E-state index is 11.9. The van der Waals surface area contributed by atoms with E-state index >= 15 is 0 Å². The maximum absolute atomic E-state index is 11.9. The molecule has 1 N–H and O–H groups in total. The van der Waals surface area contributed by atoms with Crippen LogP contribution in [-0.2, 0) is 4.79 Å². The Kier molecular flexibility index (Phi) is 13.7. The molecule has 1 aromatic carbocycles. The first-order valence-corrected chi connectivity index (χ1v) is 10.8. The minimum absolute atomic E-state index is 0.0472. The molecular formula is C23H38N2O3. The van der Waals surface area contributed by atoms with Gasteiger partial charge in [-0.2, -0.15) is 5.10 Å². The van der Waals surface area contributed by atoms with Gasteiger partial charge in [0.15, 0.2) is 11.5 Å². The third kappa shape index (κ3) is 10.3. The lowest BCUT2D eigenvalue weighted by atomic mass is 10.1. The van der Waals surface area contributed by atoms with Crippen molar-refractivity contribution in [2.75, 3.05) is 14.2 Å². The van der Waals surface area contributed by atoms with Gasteiger partial charge in [0.2, 0.25) is 5.91 Å². The Bertz CT molecular complexity index is 573. The molecule has 1 amide bonds. The van der Waals surface area contributed by atoms with Crippen molar-refractivity contribution in [3.8, 4) is 11.5 Å². The number of para-hydroxylation sites is 1. The van der Waals surface area contributed by atoms with Gasteiger partial charge in [-0.15, -0.1) is 0 Å². The predicted octanol–water partition coefficient (Wildman–Crippen LogP) is 5.86. The van der Waals surface area contributed by atoms with Gasteiger partial charge < -0.3 is 9.47 Å². The molecule has 0 saturated heterocycles. The number of nitrogens with one attached hydrogen (secondary N) is 1. The van der Waals surface area contributed by atoms with E-state index in [1.54, 1.807) is 20.4 Å². The summed E-state index contributed by atoms with van der Waals surface area (Å²) in [4.78, 5) is 11.9. The topological polar surface area (TPSA) is 59.9 Å². The molecule has 0 atom stereocenters. The van der Waals surface area contributed by atoms with Crippen molar-refractivity contribution in [1.82, 2.24) is 5.43 Å². The van der Waals surface area contributed by atoms with Crippen molar-refractivity contribution in [3.05, 3.63) is 23.8 Å². The number of unbranched alkanes of at least 4 members (excludes halogenated alkanes) is 10. The number of carbonyl (C=O) groups is 1. The molecule has 0 saturated carbocycles. The first kappa shape index (κ1) is 24.0. The maximum Gasteiger partial charge on any atom is 0.240 e. The van der Waals surface area contributed by atoms with Crippen molar-refractivity contribution in [1.29, 1.82) is 0 Å². The Hall–Kier alpha value is -2.04. The van der Waals surface area contributed by atoms with Gasteiger partial charge in [-0.25, -0.2) is 5.43 Å². The van der Waals surface area contributed by atoms with Crippen LogP contribution >= 0.6 is 0 Å². The number of nitrogens with zero attached hydrogens (tertiary/aromatic N) is 1. The molecule has 1 rings (SSSR count). The van der Waals surface area contributed by atoms with Gasteiger partial charge >= 0.3 is 0 Å². The van der Waals surface area contributed by atoms with Crippen LogP contribution in [-0.4, -0.2) is 26.3 Å². The summed E-state index contributed by atoms with van der Waals surface area (Å²) in [5, 5.41) is 4.04. The van der Waals surface area contributed by atoms with E-state index in [-0.39, 0.29) is 5.91 Å². The number of hydrogen-bond donors (Lipinski definition) is 1. The Morgan fingerprint density at radius 2 is 1.54 bits per heavy atom. The lowest BCUT2D eigenvalue weighted by Crippen LogP contribution is -2.17. The highest BCUT2D eigenvalue weighted by Crippen LogP contribution is 2.29. The van der Waals surface area contributed by atoms with E-state index in [0.29, 0.717) is 17.9 Å². The highest BCUT2D eigenvalue weighted by Gasteiger charge is 2.07. The Morgan fingerprint density at radius 1 is 0.929 bits per heavy atom. The molecule has 0 bridgehead atoms. The second-order valence-corrected chi connectivity index (χ2v) is 7.16. The molecule has 5 heteroatoms. The van der Waals surface area contributed by atoms with Gasteiger partial charge in [-0.1, -0.05) is 77.2 Å². The van der Waals surface area contributed by atoms with Crippen LogP contribution in [0.1, 0.15) is 89.5 Å². The van der Waals surface area contributed by atoms with E-state index in [9.17, 15) is 4.79 Å². The van der Waals surface area contributed by atoms with E-state index in [0.717, 1.165) is 18.4 Å². The smallest absolute Gasteiger partial charge is 0.240 e. The number of rotatable bonds is 16. The van der Waals surface area contributed by atoms with Gasteiger partial charge in [-0.3, -0.25) is 4.79 Å². The molecule has 0 aliphatic rings. The summed E-state index contributed by atoms with van der Waals surface area (Å²) in [6, 6.07) is 5.54. The molecule has 28 heavy (non-hydrogen) atoms. The lowest BCUT2D eigenvalue weighted by molar-refractivity contribution is -0.121. The van der Waals surface area contributed by atoms with E-state index < -0.39 is 0 Å². The number of hydrogen-bond acceptors (Lipinski definition) is 4. The molecule has 1 aromatic rings. The zero-order chi connectivity index (χ0) is 20.5. The van der Waals surface area contributed by atoms with Crippen LogP contribution < -0.4 is 14.9 Å². The fourth-order valence-corrected chi connectivity index (χ4v) is 3.19. The minimum Gasteiger partial charge on any atom is -0.493 e. The number of carbonyl (C=O) groups excluding carboxylic acids is 1. The Labute approximate surface area is 170 Å². The summed E-state index contributed by atoms with van der Waals surface area (Å²) in [6.07, 6.45) is 16.1. The van der Waals surface area contributed by atoms with Crippen LogP contribution in [0.15, 0.2) is 23.3 Å². The molecule has 0 spiro atoms. The van der Waals surface area contributed by atoms with Crippen molar-refractivity contribution in [3.63, 3.8) is 0 Å². The van der Waals surface area contributed by atoms with E-state index in [2.05, 4.69) is 17.5 Å². The van der Waals surface area contributed by atoms with Crippen molar-refractivity contribution < 1.29 is 14.3 Å². The largest absolute Gasteiger partial charge is 0.493 e. The standard InChI is InChI=1S/C23H38N2O3/c1-4-5-6-7-8-9-10-11-12-13-14-18-22(26)25-24-19-20-16-15-17-21(27-2)23(20)28-3/h15-17,19H,4-14,18H2,1-3H3,(H,25,26)/b24-19+. The molecule has 0 aliphatic carbocycles.